The van der Waals surface area contributed by atoms with Crippen molar-refractivity contribution in [2.75, 3.05) is 27.3 Å². The van der Waals surface area contributed by atoms with Crippen LogP contribution in [0.15, 0.2) is 36.7 Å². The van der Waals surface area contributed by atoms with Gasteiger partial charge in [0.1, 0.15) is 29.4 Å². The second-order valence-corrected chi connectivity index (χ2v) is 13.5. The number of halogens is 2. The first-order valence-electron chi connectivity index (χ1n) is 17.5. The van der Waals surface area contributed by atoms with Gasteiger partial charge in [-0.1, -0.05) is 45.7 Å². The van der Waals surface area contributed by atoms with Gasteiger partial charge in [-0.2, -0.15) is 0 Å². The fraction of sp³-hybridized carbons (Fsp3) is 0.474. The first kappa shape index (κ1) is 43.2. The monoisotopic (exact) mass is 782 g/mol. The Bertz CT molecular complexity index is 1890. The lowest BCUT2D eigenvalue weighted by molar-refractivity contribution is -0.136. The van der Waals surface area contributed by atoms with E-state index < -0.39 is 24.3 Å². The Morgan fingerprint density at radius 2 is 1.22 bits per heavy atom. The van der Waals surface area contributed by atoms with Crippen LogP contribution in [0.2, 0.25) is 0 Å². The number of aromatic amines is 2. The number of aromatic nitrogens is 4. The van der Waals surface area contributed by atoms with Crippen LogP contribution in [0.3, 0.4) is 0 Å². The molecule has 2 fully saturated rings. The standard InChI is InChI=1S/C38H46N8O6.2ClH/c1-23(2)31(43-37(49)51-5)35(47)45-19-9-13-29(45)33-39-21-27(41-33)12-8-7-11-25-15-17-26(18-16-25)28-22-40-34(42-28)30-14-10-20-46(30)36(48)32(24(3)4)44-38(50)52-6;;/h15-18,21-24,29-32H,9-10,13-14,19-20H2,1-6H3,(H,39,41)(H,40,42)(H,43,49)(H,44,50);2*1H/t29-,30-,31-,32-;;/m0../s1. The van der Waals surface area contributed by atoms with Crippen molar-refractivity contribution in [1.82, 2.24) is 40.4 Å². The number of rotatable bonds is 9. The quantitative estimate of drug-likeness (QED) is 0.216. The van der Waals surface area contributed by atoms with E-state index in [1.807, 2.05) is 52.0 Å². The van der Waals surface area contributed by atoms with Crippen molar-refractivity contribution >= 4 is 48.8 Å². The van der Waals surface area contributed by atoms with Crippen LogP contribution in [-0.4, -0.2) is 93.1 Å². The molecule has 0 spiro atoms. The summed E-state index contributed by atoms with van der Waals surface area (Å²) in [4.78, 5) is 69.8. The third-order valence-electron chi connectivity index (χ3n) is 9.34. The number of likely N-dealkylation sites (tertiary alicyclic amines) is 2. The summed E-state index contributed by atoms with van der Waals surface area (Å²) in [6, 6.07) is 5.84. The topological polar surface area (TPSA) is 175 Å². The number of benzene rings is 1. The Kier molecular flexibility index (Phi) is 15.8. The zero-order valence-electron chi connectivity index (χ0n) is 31.2. The Labute approximate surface area is 328 Å². The molecule has 0 bridgehead atoms. The molecule has 4 amide bonds. The van der Waals surface area contributed by atoms with Crippen LogP contribution in [-0.2, 0) is 19.1 Å². The van der Waals surface area contributed by atoms with E-state index in [-0.39, 0.29) is 60.5 Å². The normalized spacial score (nSPS) is 17.2. The Morgan fingerprint density at radius 1 is 0.741 bits per heavy atom. The highest BCUT2D eigenvalue weighted by atomic mass is 35.5. The summed E-state index contributed by atoms with van der Waals surface area (Å²) >= 11 is 0. The Hall–Kier alpha value is -5.18. The van der Waals surface area contributed by atoms with Crippen LogP contribution in [0.4, 0.5) is 9.59 Å². The summed E-state index contributed by atoms with van der Waals surface area (Å²) in [6.07, 6.45) is 5.30. The minimum absolute atomic E-state index is 0. The van der Waals surface area contributed by atoms with Gasteiger partial charge in [-0.05, 0) is 73.0 Å². The van der Waals surface area contributed by atoms with E-state index in [1.54, 1.807) is 22.2 Å². The molecule has 3 aromatic rings. The number of hydrogen-bond acceptors (Lipinski definition) is 8. The molecule has 0 unspecified atom stereocenters. The maximum Gasteiger partial charge on any atom is 0.407 e. The second kappa shape index (κ2) is 19.8. The van der Waals surface area contributed by atoms with Crippen LogP contribution in [0.25, 0.3) is 11.3 Å². The number of carbonyl (C=O) groups excluding carboxylic acids is 4. The molecule has 16 heteroatoms. The highest BCUT2D eigenvalue weighted by molar-refractivity contribution is 5.87. The number of nitrogens with one attached hydrogen (secondary N) is 4. The van der Waals surface area contributed by atoms with Gasteiger partial charge >= 0.3 is 12.2 Å². The molecule has 4 heterocycles. The largest absolute Gasteiger partial charge is 0.453 e. The van der Waals surface area contributed by atoms with Crippen LogP contribution in [0.1, 0.15) is 88.4 Å². The Morgan fingerprint density at radius 3 is 1.72 bits per heavy atom. The van der Waals surface area contributed by atoms with Crippen LogP contribution in [0.5, 0.6) is 0 Å². The maximum atomic E-state index is 13.4. The van der Waals surface area contributed by atoms with Gasteiger partial charge in [-0.15, -0.1) is 24.8 Å². The number of imidazole rings is 2. The number of H-pyrrole nitrogens is 2. The summed E-state index contributed by atoms with van der Waals surface area (Å²) in [5.74, 6) is 12.6. The number of alkyl carbamates (subject to hydrolysis) is 2. The fourth-order valence-electron chi connectivity index (χ4n) is 6.54. The first-order valence-corrected chi connectivity index (χ1v) is 17.5. The van der Waals surface area contributed by atoms with E-state index >= 15 is 0 Å². The molecule has 0 aliphatic carbocycles. The number of ether oxygens (including phenoxy) is 2. The van der Waals surface area contributed by atoms with Gasteiger partial charge in [0.05, 0.1) is 44.4 Å². The highest BCUT2D eigenvalue weighted by Gasteiger charge is 2.38. The predicted octanol–water partition coefficient (Wildman–Crippen LogP) is 5.13. The minimum Gasteiger partial charge on any atom is -0.453 e. The summed E-state index contributed by atoms with van der Waals surface area (Å²) in [5, 5.41) is 5.33. The summed E-state index contributed by atoms with van der Waals surface area (Å²) < 4.78 is 9.44. The summed E-state index contributed by atoms with van der Waals surface area (Å²) in [5.41, 5.74) is 3.11. The van der Waals surface area contributed by atoms with Gasteiger partial charge in [-0.25, -0.2) is 19.6 Å². The molecule has 4 atom stereocenters. The van der Waals surface area contributed by atoms with E-state index in [1.165, 1.54) is 14.2 Å². The minimum atomic E-state index is -0.703. The van der Waals surface area contributed by atoms with Crippen LogP contribution >= 0.6 is 24.8 Å². The molecule has 290 valence electrons. The molecule has 2 aliphatic heterocycles. The highest BCUT2D eigenvalue weighted by Crippen LogP contribution is 2.33. The van der Waals surface area contributed by atoms with E-state index in [0.717, 1.165) is 42.5 Å². The molecule has 14 nitrogen and oxygen atoms in total. The fourth-order valence-corrected chi connectivity index (χ4v) is 6.54. The number of hydrogen-bond donors (Lipinski definition) is 4. The molecular weight excluding hydrogens is 735 g/mol. The lowest BCUT2D eigenvalue weighted by Crippen LogP contribution is -2.51. The predicted molar refractivity (Wildman–Crippen MR) is 207 cm³/mol. The number of nitrogens with zero attached hydrogens (tertiary/aromatic N) is 4. The molecule has 2 aromatic heterocycles. The van der Waals surface area contributed by atoms with Gasteiger partial charge in [0.15, 0.2) is 0 Å². The van der Waals surface area contributed by atoms with E-state index in [0.29, 0.717) is 30.4 Å². The molecule has 0 radical (unpaired) electrons. The van der Waals surface area contributed by atoms with Crippen molar-refractivity contribution in [3.8, 4) is 34.9 Å². The second-order valence-electron chi connectivity index (χ2n) is 13.5. The lowest BCUT2D eigenvalue weighted by Gasteiger charge is -2.30. The smallest absolute Gasteiger partial charge is 0.407 e. The summed E-state index contributed by atoms with van der Waals surface area (Å²) in [7, 11) is 2.55. The molecule has 5 rings (SSSR count). The number of carbonyl (C=O) groups is 4. The third kappa shape index (κ3) is 10.3. The Balaban J connectivity index is 0.00000392. The van der Waals surface area contributed by atoms with Crippen LogP contribution in [0, 0.1) is 35.5 Å². The van der Waals surface area contributed by atoms with Gasteiger partial charge < -0.3 is 39.9 Å². The third-order valence-corrected chi connectivity index (χ3v) is 9.34. The average Bonchev–Trinajstić information content (AvgIpc) is 3.97. The summed E-state index contributed by atoms with van der Waals surface area (Å²) in [6.45, 7) is 8.68. The van der Waals surface area contributed by atoms with E-state index in [2.05, 4.69) is 54.3 Å². The zero-order chi connectivity index (χ0) is 37.4. The zero-order valence-corrected chi connectivity index (χ0v) is 32.9. The first-order chi connectivity index (χ1) is 25.0. The maximum absolute atomic E-state index is 13.4. The molecule has 0 saturated carbocycles. The molecule has 4 N–H and O–H groups in total. The van der Waals surface area contributed by atoms with E-state index in [9.17, 15) is 19.2 Å². The SMILES string of the molecule is COC(=O)N[C@H](C(=O)N1CCC[C@H]1c1ncc(C#CC#Cc2ccc(-c3cnc([C@@H]4CCCN4C(=O)[C@@H](NC(=O)OC)C(C)C)[nH]3)cc2)[nH]1)C(C)C.Cl.Cl. The van der Waals surface area contributed by atoms with Crippen molar-refractivity contribution in [3.05, 3.63) is 59.6 Å². The van der Waals surface area contributed by atoms with Crippen molar-refractivity contribution in [2.45, 2.75) is 77.5 Å². The van der Waals surface area contributed by atoms with E-state index in [4.69, 9.17) is 9.47 Å². The molecule has 54 heavy (non-hydrogen) atoms. The average molecular weight is 784 g/mol. The van der Waals surface area contributed by atoms with Gasteiger partial charge in [-0.3, -0.25) is 9.59 Å². The van der Waals surface area contributed by atoms with Crippen molar-refractivity contribution in [2.24, 2.45) is 11.8 Å². The molecule has 1 aromatic carbocycles. The van der Waals surface area contributed by atoms with Crippen molar-refractivity contribution in [3.63, 3.8) is 0 Å². The lowest BCUT2D eigenvalue weighted by atomic mass is 10.0. The number of amides is 4. The molecular formula is C38H48Cl2N8O6. The van der Waals surface area contributed by atoms with Crippen molar-refractivity contribution < 1.29 is 28.7 Å². The van der Waals surface area contributed by atoms with Crippen molar-refractivity contribution in [1.29, 1.82) is 0 Å². The number of methoxy groups -OCH3 is 2. The molecule has 2 saturated heterocycles. The molecule has 2 aliphatic rings. The van der Waals surface area contributed by atoms with Gasteiger partial charge in [0.25, 0.3) is 0 Å². The van der Waals surface area contributed by atoms with Gasteiger partial charge in [0.2, 0.25) is 11.8 Å². The van der Waals surface area contributed by atoms with Crippen LogP contribution < -0.4 is 10.6 Å². The van der Waals surface area contributed by atoms with Gasteiger partial charge in [0, 0.05) is 18.7 Å².